The van der Waals surface area contributed by atoms with Gasteiger partial charge in [-0.3, -0.25) is 9.69 Å². The Kier molecular flexibility index (Phi) is 4.49. The van der Waals surface area contributed by atoms with Gasteiger partial charge in [-0.2, -0.15) is 0 Å². The molecule has 0 atom stereocenters. The van der Waals surface area contributed by atoms with Crippen LogP contribution >= 0.6 is 24.0 Å². The number of amides is 1. The van der Waals surface area contributed by atoms with Gasteiger partial charge in [0.15, 0.2) is 0 Å². The van der Waals surface area contributed by atoms with Gasteiger partial charge in [-0.25, -0.2) is 0 Å². The van der Waals surface area contributed by atoms with Crippen molar-refractivity contribution in [2.45, 2.75) is 20.8 Å². The fourth-order valence-electron chi connectivity index (χ4n) is 2.32. The minimum atomic E-state index is -1.32. The first-order chi connectivity index (χ1) is 9.79. The highest BCUT2D eigenvalue weighted by molar-refractivity contribution is 8.26. The number of hydrogen-bond acceptors (Lipinski definition) is 5. The van der Waals surface area contributed by atoms with Crippen molar-refractivity contribution in [2.75, 3.05) is 6.54 Å². The quantitative estimate of drug-likeness (QED) is 0.625. The van der Waals surface area contributed by atoms with Crippen molar-refractivity contribution in [2.24, 2.45) is 0 Å². The van der Waals surface area contributed by atoms with Gasteiger partial charge in [0.1, 0.15) is 4.32 Å². The topological polar surface area (TPSA) is 60.4 Å². The van der Waals surface area contributed by atoms with E-state index >= 15 is 0 Å². The predicted molar refractivity (Wildman–Crippen MR) is 85.5 cm³/mol. The van der Waals surface area contributed by atoms with Gasteiger partial charge in [0.25, 0.3) is 5.91 Å². The molecule has 110 valence electrons. The second-order valence-electron chi connectivity index (χ2n) is 4.95. The molecule has 6 heteroatoms. The zero-order valence-electron chi connectivity index (χ0n) is 11.9. The van der Waals surface area contributed by atoms with Crippen LogP contribution in [0, 0.1) is 20.8 Å². The molecule has 0 bridgehead atoms. The molecule has 0 unspecified atom stereocenters. The van der Waals surface area contributed by atoms with Gasteiger partial charge >= 0.3 is 0 Å². The number of benzene rings is 1. The summed E-state index contributed by atoms with van der Waals surface area (Å²) in [6.45, 7) is 5.47. The molecule has 1 heterocycles. The number of carboxylic acids is 1. The summed E-state index contributed by atoms with van der Waals surface area (Å²) in [4.78, 5) is 24.4. The van der Waals surface area contributed by atoms with E-state index in [1.807, 2.05) is 32.9 Å². The molecular formula is C15H14NO3S2-. The molecule has 2 rings (SSSR count). The Labute approximate surface area is 132 Å². The number of carbonyl (C=O) groups excluding carboxylic acids is 2. The van der Waals surface area contributed by atoms with Gasteiger partial charge in [0.05, 0.1) is 17.4 Å². The summed E-state index contributed by atoms with van der Waals surface area (Å²) in [5.41, 5.74) is 4.26. The largest absolute Gasteiger partial charge is 0.548 e. The molecule has 1 fully saturated rings. The normalized spacial score (nSPS) is 16.9. The number of nitrogens with zero attached hydrogens (tertiary/aromatic N) is 1. The van der Waals surface area contributed by atoms with Gasteiger partial charge in [-0.1, -0.05) is 41.7 Å². The molecule has 0 aromatic heterocycles. The summed E-state index contributed by atoms with van der Waals surface area (Å²) in [5, 5.41) is 10.7. The van der Waals surface area contributed by atoms with E-state index in [1.54, 1.807) is 6.08 Å². The Hall–Kier alpha value is -1.66. The Morgan fingerprint density at radius 1 is 1.33 bits per heavy atom. The smallest absolute Gasteiger partial charge is 0.266 e. The first kappa shape index (κ1) is 15.7. The Bertz CT molecular complexity index is 656. The molecule has 1 aromatic carbocycles. The van der Waals surface area contributed by atoms with Crippen LogP contribution in [0.15, 0.2) is 17.0 Å². The molecule has 1 amide bonds. The minimum absolute atomic E-state index is 0.248. The van der Waals surface area contributed by atoms with E-state index in [-0.39, 0.29) is 10.2 Å². The summed E-state index contributed by atoms with van der Waals surface area (Å²) >= 11 is 6.17. The Balaban J connectivity index is 2.37. The van der Waals surface area contributed by atoms with Crippen LogP contribution in [0.3, 0.4) is 0 Å². The molecular weight excluding hydrogens is 306 g/mol. The van der Waals surface area contributed by atoms with Crippen LogP contribution in [-0.4, -0.2) is 27.6 Å². The third-order valence-corrected chi connectivity index (χ3v) is 4.55. The average molecular weight is 320 g/mol. The highest BCUT2D eigenvalue weighted by Crippen LogP contribution is 2.33. The van der Waals surface area contributed by atoms with Crippen molar-refractivity contribution in [1.29, 1.82) is 0 Å². The molecule has 1 aliphatic rings. The number of carbonyl (C=O) groups is 2. The maximum Gasteiger partial charge on any atom is 0.266 e. The van der Waals surface area contributed by atoms with Crippen LogP contribution in [0.25, 0.3) is 6.08 Å². The van der Waals surface area contributed by atoms with Crippen LogP contribution in [0.5, 0.6) is 0 Å². The van der Waals surface area contributed by atoms with Gasteiger partial charge in [0.2, 0.25) is 0 Å². The summed E-state index contributed by atoms with van der Waals surface area (Å²) in [6.07, 6.45) is 1.78. The molecule has 0 spiro atoms. The average Bonchev–Trinajstić information content (AvgIpc) is 2.61. The molecule has 0 aliphatic carbocycles. The number of carboxylic acid groups (broad SMARTS) is 1. The predicted octanol–water partition coefficient (Wildman–Crippen LogP) is 1.56. The van der Waals surface area contributed by atoms with Gasteiger partial charge < -0.3 is 9.90 Å². The van der Waals surface area contributed by atoms with Crippen LogP contribution < -0.4 is 5.11 Å². The maximum atomic E-state index is 12.2. The van der Waals surface area contributed by atoms with E-state index < -0.39 is 12.5 Å². The van der Waals surface area contributed by atoms with Crippen molar-refractivity contribution in [1.82, 2.24) is 4.90 Å². The molecule has 1 aliphatic heterocycles. The minimum Gasteiger partial charge on any atom is -0.548 e. The fraction of sp³-hybridized carbons (Fsp3) is 0.267. The standard InChI is InChI=1S/C15H15NO3S2/c1-8-4-9(2)11(10(3)5-8)6-12-14(19)16(7-13(17)18)15(20)21-12/h4-6H,7H2,1-3H3,(H,17,18)/p-1/b12-6+. The lowest BCUT2D eigenvalue weighted by molar-refractivity contribution is -0.305. The number of thioether (sulfide) groups is 1. The summed E-state index contributed by atoms with van der Waals surface area (Å²) in [7, 11) is 0. The lowest BCUT2D eigenvalue weighted by Gasteiger charge is -2.14. The van der Waals surface area contributed by atoms with E-state index in [1.165, 1.54) is 0 Å². The molecule has 0 radical (unpaired) electrons. The lowest BCUT2D eigenvalue weighted by Crippen LogP contribution is -2.40. The molecule has 4 nitrogen and oxygen atoms in total. The second kappa shape index (κ2) is 5.99. The molecule has 0 N–H and O–H groups in total. The van der Waals surface area contributed by atoms with Gasteiger partial charge in [0, 0.05) is 0 Å². The monoisotopic (exact) mass is 320 g/mol. The third-order valence-electron chi connectivity index (χ3n) is 3.17. The van der Waals surface area contributed by atoms with Crippen LogP contribution in [0.4, 0.5) is 0 Å². The van der Waals surface area contributed by atoms with Crippen LogP contribution in [-0.2, 0) is 9.59 Å². The highest BCUT2D eigenvalue weighted by Gasteiger charge is 2.32. The van der Waals surface area contributed by atoms with E-state index in [0.29, 0.717) is 4.91 Å². The zero-order valence-corrected chi connectivity index (χ0v) is 13.6. The fourth-order valence-corrected chi connectivity index (χ4v) is 3.55. The van der Waals surface area contributed by atoms with Gasteiger partial charge in [-0.05, 0) is 43.5 Å². The zero-order chi connectivity index (χ0) is 15.7. The summed E-state index contributed by atoms with van der Waals surface area (Å²) < 4.78 is 0.248. The first-order valence-corrected chi connectivity index (χ1v) is 7.55. The van der Waals surface area contributed by atoms with Gasteiger partial charge in [-0.15, -0.1) is 0 Å². The van der Waals surface area contributed by atoms with Crippen molar-refractivity contribution < 1.29 is 14.7 Å². The van der Waals surface area contributed by atoms with E-state index in [2.05, 4.69) is 0 Å². The SMILES string of the molecule is Cc1cc(C)c(/C=C2/SC(=S)N(CC(=O)[O-])C2=O)c(C)c1. The van der Waals surface area contributed by atoms with Crippen molar-refractivity contribution in [3.05, 3.63) is 39.3 Å². The molecule has 21 heavy (non-hydrogen) atoms. The molecule has 0 saturated carbocycles. The molecule has 1 saturated heterocycles. The number of aliphatic carboxylic acids is 1. The summed E-state index contributed by atoms with van der Waals surface area (Å²) in [5.74, 6) is -1.70. The van der Waals surface area contributed by atoms with E-state index in [9.17, 15) is 14.7 Å². The number of aryl methyl sites for hydroxylation is 3. The number of hydrogen-bond donors (Lipinski definition) is 0. The maximum absolute atomic E-state index is 12.2. The summed E-state index contributed by atoms with van der Waals surface area (Å²) in [6, 6.07) is 4.08. The highest BCUT2D eigenvalue weighted by atomic mass is 32.2. The van der Waals surface area contributed by atoms with Crippen molar-refractivity contribution in [3.8, 4) is 0 Å². The van der Waals surface area contributed by atoms with Crippen LogP contribution in [0.1, 0.15) is 22.3 Å². The van der Waals surface area contributed by atoms with E-state index in [4.69, 9.17) is 12.2 Å². The number of thiocarbonyl (C=S) groups is 1. The Morgan fingerprint density at radius 2 is 1.90 bits per heavy atom. The van der Waals surface area contributed by atoms with Crippen LogP contribution in [0.2, 0.25) is 0 Å². The van der Waals surface area contributed by atoms with Crippen molar-refractivity contribution in [3.63, 3.8) is 0 Å². The van der Waals surface area contributed by atoms with E-state index in [0.717, 1.165) is 38.9 Å². The third kappa shape index (κ3) is 3.33. The lowest BCUT2D eigenvalue weighted by atomic mass is 9.99. The number of rotatable bonds is 3. The Morgan fingerprint density at radius 3 is 2.43 bits per heavy atom. The second-order valence-corrected chi connectivity index (χ2v) is 6.63. The molecule has 1 aromatic rings. The first-order valence-electron chi connectivity index (χ1n) is 6.32. The van der Waals surface area contributed by atoms with Crippen molar-refractivity contribution >= 4 is 46.3 Å².